The van der Waals surface area contributed by atoms with Gasteiger partial charge in [-0.3, -0.25) is 0 Å². The molecule has 0 fully saturated rings. The van der Waals surface area contributed by atoms with E-state index in [-0.39, 0.29) is 5.82 Å². The van der Waals surface area contributed by atoms with Crippen molar-refractivity contribution in [2.24, 2.45) is 0 Å². The van der Waals surface area contributed by atoms with Crippen molar-refractivity contribution >= 4 is 5.69 Å². The number of halogens is 1. The van der Waals surface area contributed by atoms with Crippen LogP contribution in [0, 0.1) is 5.82 Å². The van der Waals surface area contributed by atoms with Crippen molar-refractivity contribution in [3.8, 4) is 0 Å². The molecule has 0 aromatic heterocycles. The van der Waals surface area contributed by atoms with Crippen LogP contribution in [0.5, 0.6) is 0 Å². The zero-order valence-electron chi connectivity index (χ0n) is 10.6. The molecule has 0 radical (unpaired) electrons. The molecule has 0 unspecified atom stereocenters. The first-order valence-electron chi connectivity index (χ1n) is 5.90. The van der Waals surface area contributed by atoms with E-state index in [2.05, 4.69) is 5.32 Å². The fourth-order valence-electron chi connectivity index (χ4n) is 1.56. The molecule has 4 heteroatoms. The number of methoxy groups -OCH3 is 1. The second-order valence-electron chi connectivity index (χ2n) is 4.00. The summed E-state index contributed by atoms with van der Waals surface area (Å²) < 4.78 is 18.0. The highest BCUT2D eigenvalue weighted by Gasteiger charge is 2.00. The van der Waals surface area contributed by atoms with Gasteiger partial charge >= 0.3 is 0 Å². The van der Waals surface area contributed by atoms with Gasteiger partial charge in [0.15, 0.2) is 0 Å². The number of ether oxygens (including phenoxy) is 1. The molecule has 0 saturated carbocycles. The number of likely N-dealkylation sites (N-methyl/N-ethyl adjacent to an activating group) is 1. The third-order valence-corrected chi connectivity index (χ3v) is 2.57. The SMILES string of the molecule is COCCCNCCN(C)c1cccc(F)c1. The molecule has 0 aliphatic rings. The molecule has 0 atom stereocenters. The summed E-state index contributed by atoms with van der Waals surface area (Å²) in [4.78, 5) is 2.03. The van der Waals surface area contributed by atoms with Crippen LogP contribution in [-0.2, 0) is 4.74 Å². The molecule has 1 aromatic rings. The van der Waals surface area contributed by atoms with Crippen molar-refractivity contribution in [3.05, 3.63) is 30.1 Å². The predicted octanol–water partition coefficient (Wildman–Crippen LogP) is 1.89. The van der Waals surface area contributed by atoms with Gasteiger partial charge in [-0.1, -0.05) is 6.07 Å². The van der Waals surface area contributed by atoms with E-state index in [4.69, 9.17) is 4.74 Å². The zero-order valence-corrected chi connectivity index (χ0v) is 10.6. The highest BCUT2D eigenvalue weighted by molar-refractivity contribution is 5.45. The Hall–Kier alpha value is -1.13. The molecule has 0 heterocycles. The van der Waals surface area contributed by atoms with E-state index in [0.29, 0.717) is 0 Å². The molecule has 0 aliphatic carbocycles. The van der Waals surface area contributed by atoms with Crippen LogP contribution in [0.25, 0.3) is 0 Å². The first-order valence-corrected chi connectivity index (χ1v) is 5.90. The maximum Gasteiger partial charge on any atom is 0.125 e. The highest BCUT2D eigenvalue weighted by atomic mass is 19.1. The van der Waals surface area contributed by atoms with E-state index in [1.165, 1.54) is 6.07 Å². The number of hydrogen-bond acceptors (Lipinski definition) is 3. The summed E-state index contributed by atoms with van der Waals surface area (Å²) >= 11 is 0. The minimum absolute atomic E-state index is 0.192. The van der Waals surface area contributed by atoms with E-state index >= 15 is 0 Å². The fraction of sp³-hybridized carbons (Fsp3) is 0.538. The van der Waals surface area contributed by atoms with Crippen molar-refractivity contribution in [2.75, 3.05) is 45.3 Å². The molecule has 96 valence electrons. The molecule has 0 amide bonds. The third-order valence-electron chi connectivity index (χ3n) is 2.57. The Labute approximate surface area is 103 Å². The Morgan fingerprint density at radius 2 is 2.18 bits per heavy atom. The molecular formula is C13H21FN2O. The molecule has 1 N–H and O–H groups in total. The molecule has 0 spiro atoms. The van der Waals surface area contributed by atoms with Crippen LogP contribution in [0.4, 0.5) is 10.1 Å². The fourth-order valence-corrected chi connectivity index (χ4v) is 1.56. The summed E-state index contributed by atoms with van der Waals surface area (Å²) in [6.07, 6.45) is 1.01. The van der Waals surface area contributed by atoms with Gasteiger partial charge in [0.1, 0.15) is 5.82 Å². The Morgan fingerprint density at radius 3 is 2.88 bits per heavy atom. The van der Waals surface area contributed by atoms with E-state index < -0.39 is 0 Å². The van der Waals surface area contributed by atoms with E-state index in [1.54, 1.807) is 19.2 Å². The lowest BCUT2D eigenvalue weighted by Crippen LogP contribution is -2.30. The van der Waals surface area contributed by atoms with Crippen LogP contribution in [-0.4, -0.2) is 40.4 Å². The maximum atomic E-state index is 13.0. The predicted molar refractivity (Wildman–Crippen MR) is 69.0 cm³/mol. The summed E-state index contributed by atoms with van der Waals surface area (Å²) in [5.41, 5.74) is 0.906. The van der Waals surface area contributed by atoms with Gasteiger partial charge in [0.25, 0.3) is 0 Å². The number of nitrogens with one attached hydrogen (secondary N) is 1. The van der Waals surface area contributed by atoms with Crippen LogP contribution < -0.4 is 10.2 Å². The topological polar surface area (TPSA) is 24.5 Å². The van der Waals surface area contributed by atoms with Crippen LogP contribution in [0.2, 0.25) is 0 Å². The molecule has 1 rings (SSSR count). The van der Waals surface area contributed by atoms with Crippen molar-refractivity contribution in [1.82, 2.24) is 5.32 Å². The second-order valence-corrected chi connectivity index (χ2v) is 4.00. The Kier molecular flexibility index (Phi) is 6.58. The quantitative estimate of drug-likeness (QED) is 0.702. The van der Waals surface area contributed by atoms with Crippen molar-refractivity contribution in [1.29, 1.82) is 0 Å². The molecule has 0 saturated heterocycles. The van der Waals surface area contributed by atoms with Gasteiger partial charge in [-0.05, 0) is 31.2 Å². The summed E-state index contributed by atoms with van der Waals surface area (Å²) in [5, 5.41) is 3.32. The number of nitrogens with zero attached hydrogens (tertiary/aromatic N) is 1. The Balaban J connectivity index is 2.19. The van der Waals surface area contributed by atoms with Gasteiger partial charge in [-0.2, -0.15) is 0 Å². The Morgan fingerprint density at radius 1 is 1.35 bits per heavy atom. The minimum Gasteiger partial charge on any atom is -0.385 e. The van der Waals surface area contributed by atoms with Gasteiger partial charge < -0.3 is 15.0 Å². The molecule has 0 bridgehead atoms. The molecule has 17 heavy (non-hydrogen) atoms. The van der Waals surface area contributed by atoms with Crippen molar-refractivity contribution in [3.63, 3.8) is 0 Å². The average Bonchev–Trinajstić information content (AvgIpc) is 2.33. The summed E-state index contributed by atoms with van der Waals surface area (Å²) in [7, 11) is 3.67. The van der Waals surface area contributed by atoms with Crippen LogP contribution in [0.3, 0.4) is 0 Å². The highest BCUT2D eigenvalue weighted by Crippen LogP contribution is 2.12. The van der Waals surface area contributed by atoms with Crippen LogP contribution in [0.1, 0.15) is 6.42 Å². The van der Waals surface area contributed by atoms with Crippen molar-refractivity contribution in [2.45, 2.75) is 6.42 Å². The van der Waals surface area contributed by atoms with Crippen LogP contribution in [0.15, 0.2) is 24.3 Å². The number of hydrogen-bond donors (Lipinski definition) is 1. The van der Waals surface area contributed by atoms with E-state index in [0.717, 1.165) is 38.3 Å². The zero-order chi connectivity index (χ0) is 12.5. The Bertz CT molecular complexity index is 320. The lowest BCUT2D eigenvalue weighted by atomic mass is 10.3. The number of anilines is 1. The standard InChI is InChI=1S/C13H21FN2O/c1-16(9-8-15-7-4-10-17-2)13-6-3-5-12(14)11-13/h3,5-6,11,15H,4,7-10H2,1-2H3. The summed E-state index contributed by atoms with van der Waals surface area (Å²) in [6, 6.07) is 6.65. The number of rotatable bonds is 8. The molecule has 3 nitrogen and oxygen atoms in total. The largest absolute Gasteiger partial charge is 0.385 e. The lowest BCUT2D eigenvalue weighted by Gasteiger charge is -2.19. The summed E-state index contributed by atoms with van der Waals surface area (Å²) in [5.74, 6) is -0.192. The molecular weight excluding hydrogens is 219 g/mol. The average molecular weight is 240 g/mol. The molecule has 1 aromatic carbocycles. The summed E-state index contributed by atoms with van der Waals surface area (Å²) in [6.45, 7) is 3.48. The third kappa shape index (κ3) is 5.65. The van der Waals surface area contributed by atoms with E-state index in [1.807, 2.05) is 18.0 Å². The lowest BCUT2D eigenvalue weighted by molar-refractivity contribution is 0.194. The second kappa shape index (κ2) is 8.03. The number of benzene rings is 1. The first-order chi connectivity index (χ1) is 8.24. The van der Waals surface area contributed by atoms with Crippen LogP contribution >= 0.6 is 0 Å². The molecule has 0 aliphatic heterocycles. The van der Waals surface area contributed by atoms with Gasteiger partial charge in [-0.15, -0.1) is 0 Å². The smallest absolute Gasteiger partial charge is 0.125 e. The van der Waals surface area contributed by atoms with Gasteiger partial charge in [0.05, 0.1) is 0 Å². The first kappa shape index (κ1) is 13.9. The normalized spacial score (nSPS) is 10.5. The minimum atomic E-state index is -0.192. The monoisotopic (exact) mass is 240 g/mol. The van der Waals surface area contributed by atoms with Gasteiger partial charge in [0, 0.05) is 39.5 Å². The van der Waals surface area contributed by atoms with Gasteiger partial charge in [-0.25, -0.2) is 4.39 Å². The van der Waals surface area contributed by atoms with Gasteiger partial charge in [0.2, 0.25) is 0 Å². The van der Waals surface area contributed by atoms with E-state index in [9.17, 15) is 4.39 Å². The van der Waals surface area contributed by atoms with Crippen molar-refractivity contribution < 1.29 is 9.13 Å². The maximum absolute atomic E-state index is 13.0.